The average molecular weight is 406 g/mol. The second kappa shape index (κ2) is 6.53. The first kappa shape index (κ1) is 16.9. The van der Waals surface area contributed by atoms with Crippen molar-refractivity contribution in [3.63, 3.8) is 0 Å². The van der Waals surface area contributed by atoms with Gasteiger partial charge >= 0.3 is 0 Å². The summed E-state index contributed by atoms with van der Waals surface area (Å²) in [5.74, 6) is -0.519. The molecule has 1 aliphatic rings. The lowest BCUT2D eigenvalue weighted by molar-refractivity contribution is -0.123. The Hall–Kier alpha value is -1.92. The highest BCUT2D eigenvalue weighted by molar-refractivity contribution is 9.10. The van der Waals surface area contributed by atoms with Crippen molar-refractivity contribution < 1.29 is 13.2 Å². The second-order valence-corrected chi connectivity index (χ2v) is 8.39. The van der Waals surface area contributed by atoms with Gasteiger partial charge in [0.05, 0.1) is 10.9 Å². The molecule has 0 unspecified atom stereocenters. The van der Waals surface area contributed by atoms with Gasteiger partial charge in [0.1, 0.15) is 0 Å². The van der Waals surface area contributed by atoms with Crippen LogP contribution >= 0.6 is 15.9 Å². The van der Waals surface area contributed by atoms with Crippen molar-refractivity contribution in [3.8, 4) is 0 Å². The first-order chi connectivity index (χ1) is 11.4. The fourth-order valence-electron chi connectivity index (χ4n) is 2.69. The molecule has 2 aromatic carbocycles. The Labute approximate surface area is 150 Å². The summed E-state index contributed by atoms with van der Waals surface area (Å²) in [6.45, 7) is 1.88. The summed E-state index contributed by atoms with van der Waals surface area (Å²) in [5, 5.41) is 0. The van der Waals surface area contributed by atoms with Crippen LogP contribution in [0.3, 0.4) is 0 Å². The van der Waals surface area contributed by atoms with E-state index in [1.54, 1.807) is 18.2 Å². The van der Waals surface area contributed by atoms with Crippen LogP contribution in [0.15, 0.2) is 70.1 Å². The molecule has 4 nitrogen and oxygen atoms in total. The zero-order valence-electron chi connectivity index (χ0n) is 13.0. The lowest BCUT2D eigenvalue weighted by Gasteiger charge is -2.32. The number of nitrogens with zero attached hydrogens (tertiary/aromatic N) is 1. The summed E-state index contributed by atoms with van der Waals surface area (Å²) >= 11 is 3.37. The number of aryl methyl sites for hydroxylation is 1. The Bertz CT molecular complexity index is 887. The van der Waals surface area contributed by atoms with E-state index in [0.717, 1.165) is 19.9 Å². The molecule has 0 saturated carbocycles. The molecule has 6 heteroatoms. The summed E-state index contributed by atoms with van der Waals surface area (Å²) in [6, 6.07) is 13.3. The number of rotatable bonds is 3. The van der Waals surface area contributed by atoms with Gasteiger partial charge < -0.3 is 0 Å². The minimum Gasteiger partial charge on any atom is -0.269 e. The van der Waals surface area contributed by atoms with Gasteiger partial charge in [-0.3, -0.25) is 4.79 Å². The van der Waals surface area contributed by atoms with Gasteiger partial charge in [-0.25, -0.2) is 12.7 Å². The van der Waals surface area contributed by atoms with Gasteiger partial charge in [-0.1, -0.05) is 51.8 Å². The van der Waals surface area contributed by atoms with Crippen LogP contribution in [0.2, 0.25) is 0 Å². The monoisotopic (exact) mass is 405 g/mol. The maximum Gasteiger partial charge on any atom is 0.267 e. The number of carbonyl (C=O) groups excluding carboxylic acids is 1. The van der Waals surface area contributed by atoms with Crippen LogP contribution in [0.25, 0.3) is 0 Å². The number of hydrogen-bond acceptors (Lipinski definition) is 3. The Morgan fingerprint density at radius 2 is 1.67 bits per heavy atom. The third-order valence-corrected chi connectivity index (χ3v) is 6.30. The van der Waals surface area contributed by atoms with Crippen LogP contribution in [0, 0.1) is 6.92 Å². The maximum atomic E-state index is 13.0. The predicted octanol–water partition coefficient (Wildman–Crippen LogP) is 3.98. The van der Waals surface area contributed by atoms with E-state index in [0.29, 0.717) is 6.42 Å². The molecule has 0 bridgehead atoms. The molecule has 1 aliphatic heterocycles. The Balaban J connectivity index is 2.07. The molecule has 124 valence electrons. The molecule has 24 heavy (non-hydrogen) atoms. The normalized spacial score (nSPS) is 18.0. The highest BCUT2D eigenvalue weighted by Crippen LogP contribution is 2.34. The molecule has 0 radical (unpaired) electrons. The van der Waals surface area contributed by atoms with Crippen molar-refractivity contribution in [1.29, 1.82) is 0 Å². The van der Waals surface area contributed by atoms with Crippen molar-refractivity contribution in [2.45, 2.75) is 24.3 Å². The molecule has 0 N–H and O–H groups in total. The molecule has 1 heterocycles. The number of halogens is 1. The highest BCUT2D eigenvalue weighted by atomic mass is 79.9. The zero-order chi connectivity index (χ0) is 17.3. The molecule has 1 atom stereocenters. The SMILES string of the molecule is Cc1ccc(S(=O)(=O)N2C(=O)C=CC[C@H]2c2ccc(Br)cc2)cc1. The van der Waals surface area contributed by atoms with Crippen molar-refractivity contribution >= 4 is 31.9 Å². The molecule has 1 amide bonds. The van der Waals surface area contributed by atoms with E-state index >= 15 is 0 Å². The van der Waals surface area contributed by atoms with Gasteiger partial charge in [0.15, 0.2) is 0 Å². The van der Waals surface area contributed by atoms with E-state index in [2.05, 4.69) is 15.9 Å². The van der Waals surface area contributed by atoms with E-state index in [1.165, 1.54) is 18.2 Å². The number of amides is 1. The van der Waals surface area contributed by atoms with E-state index in [9.17, 15) is 13.2 Å². The molecule has 3 rings (SSSR count). The molecular formula is C18H16BrNO3S. The third-order valence-electron chi connectivity index (χ3n) is 3.95. The van der Waals surface area contributed by atoms with Crippen LogP contribution in [0.1, 0.15) is 23.6 Å². The van der Waals surface area contributed by atoms with Crippen LogP contribution in [0.5, 0.6) is 0 Å². The Morgan fingerprint density at radius 3 is 2.29 bits per heavy atom. The van der Waals surface area contributed by atoms with Gasteiger partial charge in [0.2, 0.25) is 0 Å². The standard InChI is InChI=1S/C18H16BrNO3S/c1-13-5-11-16(12-6-13)24(22,23)20-17(3-2-4-18(20)21)14-7-9-15(19)10-8-14/h2,4-12,17H,3H2,1H3/t17-/m0/s1. The van der Waals surface area contributed by atoms with E-state index in [1.807, 2.05) is 31.2 Å². The lowest BCUT2D eigenvalue weighted by atomic mass is 10.0. The number of benzene rings is 2. The highest BCUT2D eigenvalue weighted by Gasteiger charge is 2.36. The van der Waals surface area contributed by atoms with Gasteiger partial charge in [0, 0.05) is 10.5 Å². The summed E-state index contributed by atoms with van der Waals surface area (Å²) in [4.78, 5) is 12.5. The molecule has 0 saturated heterocycles. The van der Waals surface area contributed by atoms with Gasteiger partial charge in [-0.2, -0.15) is 0 Å². The predicted molar refractivity (Wildman–Crippen MR) is 95.9 cm³/mol. The first-order valence-electron chi connectivity index (χ1n) is 7.46. The number of sulfonamides is 1. The molecule has 0 spiro atoms. The minimum absolute atomic E-state index is 0.124. The average Bonchev–Trinajstić information content (AvgIpc) is 2.55. The van der Waals surface area contributed by atoms with E-state index < -0.39 is 22.0 Å². The van der Waals surface area contributed by atoms with Gasteiger partial charge in [-0.05, 0) is 43.2 Å². The Morgan fingerprint density at radius 1 is 1.04 bits per heavy atom. The van der Waals surface area contributed by atoms with Crippen LogP contribution in [-0.4, -0.2) is 18.6 Å². The minimum atomic E-state index is -3.91. The van der Waals surface area contributed by atoms with Crippen LogP contribution < -0.4 is 0 Å². The quantitative estimate of drug-likeness (QED) is 0.775. The summed E-state index contributed by atoms with van der Waals surface area (Å²) < 4.78 is 27.9. The van der Waals surface area contributed by atoms with Crippen molar-refractivity contribution in [2.24, 2.45) is 0 Å². The zero-order valence-corrected chi connectivity index (χ0v) is 15.4. The lowest BCUT2D eigenvalue weighted by Crippen LogP contribution is -2.40. The van der Waals surface area contributed by atoms with Crippen LogP contribution in [-0.2, 0) is 14.8 Å². The smallest absolute Gasteiger partial charge is 0.267 e. The van der Waals surface area contributed by atoms with Gasteiger partial charge in [-0.15, -0.1) is 0 Å². The van der Waals surface area contributed by atoms with Crippen molar-refractivity contribution in [1.82, 2.24) is 4.31 Å². The topological polar surface area (TPSA) is 54.5 Å². The molecule has 0 aromatic heterocycles. The summed E-state index contributed by atoms with van der Waals surface area (Å²) in [7, 11) is -3.91. The van der Waals surface area contributed by atoms with Crippen LogP contribution in [0.4, 0.5) is 0 Å². The summed E-state index contributed by atoms with van der Waals surface area (Å²) in [6.07, 6.45) is 3.50. The number of hydrogen-bond donors (Lipinski definition) is 0. The molecule has 2 aromatic rings. The van der Waals surface area contributed by atoms with Crippen molar-refractivity contribution in [2.75, 3.05) is 0 Å². The fraction of sp³-hybridized carbons (Fsp3) is 0.167. The number of carbonyl (C=O) groups is 1. The summed E-state index contributed by atoms with van der Waals surface area (Å²) in [5.41, 5.74) is 1.75. The van der Waals surface area contributed by atoms with E-state index in [4.69, 9.17) is 0 Å². The maximum absolute atomic E-state index is 13.0. The third kappa shape index (κ3) is 3.16. The van der Waals surface area contributed by atoms with Crippen molar-refractivity contribution in [3.05, 3.63) is 76.3 Å². The Kier molecular flexibility index (Phi) is 4.60. The fourth-order valence-corrected chi connectivity index (χ4v) is 4.50. The second-order valence-electron chi connectivity index (χ2n) is 5.66. The molecular weight excluding hydrogens is 390 g/mol. The first-order valence-corrected chi connectivity index (χ1v) is 9.70. The largest absolute Gasteiger partial charge is 0.269 e. The van der Waals surface area contributed by atoms with E-state index in [-0.39, 0.29) is 4.90 Å². The molecule has 0 fully saturated rings. The molecule has 0 aliphatic carbocycles. The van der Waals surface area contributed by atoms with Gasteiger partial charge in [0.25, 0.3) is 15.9 Å².